The van der Waals surface area contributed by atoms with Crippen molar-refractivity contribution in [1.29, 1.82) is 0 Å². The molecule has 1 saturated heterocycles. The van der Waals surface area contributed by atoms with Crippen molar-refractivity contribution in [2.75, 3.05) is 18.5 Å². The molecule has 0 radical (unpaired) electrons. The maximum absolute atomic E-state index is 11.0. The fourth-order valence-electron chi connectivity index (χ4n) is 2.29. The van der Waals surface area contributed by atoms with Gasteiger partial charge in [0.1, 0.15) is 0 Å². The predicted molar refractivity (Wildman–Crippen MR) is 90.3 cm³/mol. The topological polar surface area (TPSA) is 84.3 Å². The average molecular weight is 351 g/mol. The van der Waals surface area contributed by atoms with Gasteiger partial charge >= 0.3 is 5.97 Å². The van der Waals surface area contributed by atoms with Crippen LogP contribution in [0.1, 0.15) is 28.8 Å². The lowest BCUT2D eigenvalue weighted by molar-refractivity contribution is 0.0696. The quantitative estimate of drug-likeness (QED) is 0.741. The van der Waals surface area contributed by atoms with Crippen molar-refractivity contribution < 1.29 is 14.6 Å². The number of carbonyl (C=O) groups is 1. The van der Waals surface area contributed by atoms with Gasteiger partial charge in [-0.1, -0.05) is 35.2 Å². The van der Waals surface area contributed by atoms with Gasteiger partial charge < -0.3 is 15.2 Å². The van der Waals surface area contributed by atoms with Gasteiger partial charge in [-0.15, -0.1) is 10.2 Å². The first-order valence-corrected chi connectivity index (χ1v) is 9.15. The van der Waals surface area contributed by atoms with E-state index in [9.17, 15) is 4.79 Å². The van der Waals surface area contributed by atoms with Crippen molar-refractivity contribution in [2.45, 2.75) is 29.0 Å². The first-order chi connectivity index (χ1) is 11.2. The number of hydrogen-bond donors (Lipinski definition) is 2. The van der Waals surface area contributed by atoms with Crippen molar-refractivity contribution in [3.63, 3.8) is 0 Å². The van der Waals surface area contributed by atoms with Crippen LogP contribution in [0.5, 0.6) is 0 Å². The SMILES string of the molecule is O=C(O)c1cccc(CSc2nnc(NCC3CCCO3)s2)c1. The van der Waals surface area contributed by atoms with Crippen LogP contribution in [-0.2, 0) is 10.5 Å². The molecule has 1 aromatic carbocycles. The molecule has 3 rings (SSSR count). The summed E-state index contributed by atoms with van der Waals surface area (Å²) in [6.07, 6.45) is 2.49. The van der Waals surface area contributed by atoms with Crippen LogP contribution in [0.15, 0.2) is 28.6 Å². The van der Waals surface area contributed by atoms with E-state index in [1.54, 1.807) is 30.0 Å². The molecule has 2 heterocycles. The van der Waals surface area contributed by atoms with Gasteiger partial charge in [0.15, 0.2) is 4.34 Å². The molecule has 1 unspecified atom stereocenters. The predicted octanol–water partition coefficient (Wildman–Crippen LogP) is 3.12. The summed E-state index contributed by atoms with van der Waals surface area (Å²) >= 11 is 3.06. The molecule has 0 aliphatic carbocycles. The summed E-state index contributed by atoms with van der Waals surface area (Å²) < 4.78 is 6.42. The number of nitrogens with one attached hydrogen (secondary N) is 1. The van der Waals surface area contributed by atoms with E-state index in [0.29, 0.717) is 11.3 Å². The normalized spacial score (nSPS) is 17.3. The summed E-state index contributed by atoms with van der Waals surface area (Å²) in [5, 5.41) is 21.3. The second-order valence-corrected chi connectivity index (χ2v) is 7.38. The Morgan fingerprint density at radius 1 is 1.48 bits per heavy atom. The zero-order valence-electron chi connectivity index (χ0n) is 12.4. The molecule has 0 spiro atoms. The van der Waals surface area contributed by atoms with E-state index in [4.69, 9.17) is 9.84 Å². The Morgan fingerprint density at radius 2 is 2.39 bits per heavy atom. The molecule has 0 bridgehead atoms. The second kappa shape index (κ2) is 7.76. The highest BCUT2D eigenvalue weighted by Crippen LogP contribution is 2.28. The molecule has 2 aromatic rings. The maximum atomic E-state index is 11.0. The van der Waals surface area contributed by atoms with Gasteiger partial charge in [-0.3, -0.25) is 0 Å². The van der Waals surface area contributed by atoms with Crippen LogP contribution in [0.4, 0.5) is 5.13 Å². The molecule has 1 aliphatic rings. The van der Waals surface area contributed by atoms with E-state index in [-0.39, 0.29) is 6.10 Å². The molecule has 2 N–H and O–H groups in total. The van der Waals surface area contributed by atoms with Gasteiger partial charge in [0.05, 0.1) is 11.7 Å². The lowest BCUT2D eigenvalue weighted by atomic mass is 10.1. The molecule has 6 nitrogen and oxygen atoms in total. The molecule has 8 heteroatoms. The third kappa shape index (κ3) is 4.66. The highest BCUT2D eigenvalue weighted by molar-refractivity contribution is 8.00. The van der Waals surface area contributed by atoms with Crippen molar-refractivity contribution in [2.24, 2.45) is 0 Å². The Morgan fingerprint density at radius 3 is 3.17 bits per heavy atom. The number of ether oxygens (including phenoxy) is 1. The first kappa shape index (κ1) is 16.2. The largest absolute Gasteiger partial charge is 0.478 e. The number of carboxylic acid groups (broad SMARTS) is 1. The van der Waals surface area contributed by atoms with Crippen molar-refractivity contribution >= 4 is 34.2 Å². The summed E-state index contributed by atoms with van der Waals surface area (Å²) in [6.45, 7) is 1.61. The summed E-state index contributed by atoms with van der Waals surface area (Å²) in [7, 11) is 0. The first-order valence-electron chi connectivity index (χ1n) is 7.35. The Balaban J connectivity index is 1.50. The lowest BCUT2D eigenvalue weighted by Crippen LogP contribution is -2.18. The monoisotopic (exact) mass is 351 g/mol. The number of rotatable bonds is 7. The van der Waals surface area contributed by atoms with Crippen LogP contribution in [0.2, 0.25) is 0 Å². The van der Waals surface area contributed by atoms with Gasteiger partial charge in [-0.05, 0) is 30.5 Å². The number of aromatic carboxylic acids is 1. The average Bonchev–Trinajstić information content (AvgIpc) is 3.23. The summed E-state index contributed by atoms with van der Waals surface area (Å²) in [5.41, 5.74) is 1.26. The fraction of sp³-hybridized carbons (Fsp3) is 0.400. The van der Waals surface area contributed by atoms with Crippen LogP contribution < -0.4 is 5.32 Å². The third-order valence-electron chi connectivity index (χ3n) is 3.45. The molecule has 1 fully saturated rings. The molecule has 1 aliphatic heterocycles. The van der Waals surface area contributed by atoms with Crippen LogP contribution in [0.25, 0.3) is 0 Å². The van der Waals surface area contributed by atoms with E-state index in [1.807, 2.05) is 6.07 Å². The fourth-order valence-corrected chi connectivity index (χ4v) is 3.99. The third-order valence-corrected chi connectivity index (χ3v) is 5.53. The Hall–Kier alpha value is -1.64. The molecular formula is C15H17N3O3S2. The Bertz CT molecular complexity index is 671. The minimum atomic E-state index is -0.909. The number of nitrogens with zero attached hydrogens (tertiary/aromatic N) is 2. The lowest BCUT2D eigenvalue weighted by Gasteiger charge is -2.08. The van der Waals surface area contributed by atoms with Crippen LogP contribution in [0, 0.1) is 0 Å². The van der Waals surface area contributed by atoms with Gasteiger partial charge in [-0.2, -0.15) is 0 Å². The van der Waals surface area contributed by atoms with Crippen molar-refractivity contribution in [3.05, 3.63) is 35.4 Å². The van der Waals surface area contributed by atoms with Crippen molar-refractivity contribution in [1.82, 2.24) is 10.2 Å². The standard InChI is InChI=1S/C15H17N3O3S2/c19-13(20)11-4-1-3-10(7-11)9-22-15-18-17-14(23-15)16-8-12-5-2-6-21-12/h1,3-4,7,12H,2,5-6,8-9H2,(H,16,17)(H,19,20). The molecule has 0 amide bonds. The zero-order valence-corrected chi connectivity index (χ0v) is 14.0. The minimum Gasteiger partial charge on any atom is -0.478 e. The smallest absolute Gasteiger partial charge is 0.335 e. The van der Waals surface area contributed by atoms with Crippen LogP contribution in [-0.4, -0.2) is 40.5 Å². The molecular weight excluding hydrogens is 334 g/mol. The second-order valence-electron chi connectivity index (χ2n) is 5.18. The number of hydrogen-bond acceptors (Lipinski definition) is 7. The molecule has 1 atom stereocenters. The van der Waals surface area contributed by atoms with Crippen LogP contribution in [0.3, 0.4) is 0 Å². The van der Waals surface area contributed by atoms with Gasteiger partial charge in [0.25, 0.3) is 0 Å². The Kier molecular flexibility index (Phi) is 5.47. The number of carboxylic acids is 1. The maximum Gasteiger partial charge on any atom is 0.335 e. The number of thioether (sulfide) groups is 1. The highest BCUT2D eigenvalue weighted by atomic mass is 32.2. The summed E-state index contributed by atoms with van der Waals surface area (Å²) in [6, 6.07) is 6.95. The van der Waals surface area contributed by atoms with Crippen LogP contribution >= 0.6 is 23.1 Å². The molecule has 122 valence electrons. The zero-order chi connectivity index (χ0) is 16.1. The number of benzene rings is 1. The van der Waals surface area contributed by atoms with E-state index < -0.39 is 5.97 Å². The molecule has 23 heavy (non-hydrogen) atoms. The van der Waals surface area contributed by atoms with E-state index in [1.165, 1.54) is 11.3 Å². The van der Waals surface area contributed by atoms with E-state index >= 15 is 0 Å². The summed E-state index contributed by atoms with van der Waals surface area (Å²) in [4.78, 5) is 11.0. The number of anilines is 1. The van der Waals surface area contributed by atoms with Crippen molar-refractivity contribution in [3.8, 4) is 0 Å². The van der Waals surface area contributed by atoms with Gasteiger partial charge in [-0.25, -0.2) is 4.79 Å². The number of aromatic nitrogens is 2. The van der Waals surface area contributed by atoms with E-state index in [2.05, 4.69) is 15.5 Å². The molecule has 1 aromatic heterocycles. The van der Waals surface area contributed by atoms with Gasteiger partial charge in [0.2, 0.25) is 5.13 Å². The Labute approximate surface area is 142 Å². The van der Waals surface area contributed by atoms with Gasteiger partial charge in [0, 0.05) is 18.9 Å². The molecule has 0 saturated carbocycles. The minimum absolute atomic E-state index is 0.272. The van der Waals surface area contributed by atoms with E-state index in [0.717, 1.165) is 41.0 Å². The highest BCUT2D eigenvalue weighted by Gasteiger charge is 2.15. The summed E-state index contributed by atoms with van der Waals surface area (Å²) in [5.74, 6) is -0.241.